The Bertz CT molecular complexity index is 248. The topological polar surface area (TPSA) is 0 Å². The minimum atomic E-state index is -4.05. The van der Waals surface area contributed by atoms with E-state index in [1.54, 1.807) is 0 Å². The Labute approximate surface area is 89.6 Å². The van der Waals surface area contributed by atoms with Crippen molar-refractivity contribution in [2.45, 2.75) is 52.6 Å². The average Bonchev–Trinajstić information content (AvgIpc) is 2.06. The van der Waals surface area contributed by atoms with Crippen molar-refractivity contribution in [1.29, 1.82) is 0 Å². The largest absolute Gasteiger partial charge is 0.392 e. The van der Waals surface area contributed by atoms with Crippen molar-refractivity contribution in [2.24, 2.45) is 11.3 Å². The van der Waals surface area contributed by atoms with Crippen molar-refractivity contribution in [2.75, 3.05) is 0 Å². The van der Waals surface area contributed by atoms with Gasteiger partial charge in [0.15, 0.2) is 0 Å². The standard InChI is InChI=1S/C12H19F3/c1-4-10-7-9(8-12(13,14)15)5-6-11(10,2)3/h7,10H,4-6,8H2,1-3H3. The number of alkyl halides is 3. The Kier molecular flexibility index (Phi) is 3.51. The van der Waals surface area contributed by atoms with E-state index >= 15 is 0 Å². The molecule has 0 bridgehead atoms. The molecule has 0 radical (unpaired) electrons. The molecule has 0 aliphatic heterocycles. The first-order chi connectivity index (χ1) is 6.74. The zero-order valence-electron chi connectivity index (χ0n) is 9.62. The van der Waals surface area contributed by atoms with E-state index in [1.165, 1.54) is 0 Å². The summed E-state index contributed by atoms with van der Waals surface area (Å²) in [6, 6.07) is 0. The molecule has 88 valence electrons. The molecule has 0 amide bonds. The molecule has 0 nitrogen and oxygen atoms in total. The zero-order chi connectivity index (χ0) is 11.7. The SMILES string of the molecule is CCC1C=C(CC(F)(F)F)CCC1(C)C. The van der Waals surface area contributed by atoms with Crippen molar-refractivity contribution in [1.82, 2.24) is 0 Å². The van der Waals surface area contributed by atoms with Gasteiger partial charge in [0.2, 0.25) is 0 Å². The molecule has 0 saturated heterocycles. The maximum atomic E-state index is 12.2. The lowest BCUT2D eigenvalue weighted by atomic mass is 9.69. The van der Waals surface area contributed by atoms with Crippen molar-refractivity contribution >= 4 is 0 Å². The summed E-state index contributed by atoms with van der Waals surface area (Å²) in [6.07, 6.45) is -0.521. The number of halogens is 3. The summed E-state index contributed by atoms with van der Waals surface area (Å²) in [4.78, 5) is 0. The van der Waals surface area contributed by atoms with Gasteiger partial charge in [0, 0.05) is 0 Å². The maximum absolute atomic E-state index is 12.2. The number of hydrogen-bond acceptors (Lipinski definition) is 0. The van der Waals surface area contributed by atoms with Crippen LogP contribution in [0.2, 0.25) is 0 Å². The van der Waals surface area contributed by atoms with E-state index < -0.39 is 12.6 Å². The summed E-state index contributed by atoms with van der Waals surface area (Å²) in [5, 5.41) is 0. The molecule has 15 heavy (non-hydrogen) atoms. The second-order valence-corrected chi connectivity index (χ2v) is 5.12. The van der Waals surface area contributed by atoms with Crippen LogP contribution in [0, 0.1) is 11.3 Å². The van der Waals surface area contributed by atoms with Gasteiger partial charge in [-0.3, -0.25) is 0 Å². The minimum absolute atomic E-state index is 0.157. The van der Waals surface area contributed by atoms with Crippen LogP contribution in [0.25, 0.3) is 0 Å². The summed E-state index contributed by atoms with van der Waals surface area (Å²) in [5.74, 6) is 0.295. The Morgan fingerprint density at radius 3 is 2.47 bits per heavy atom. The Morgan fingerprint density at radius 2 is 2.00 bits per heavy atom. The van der Waals surface area contributed by atoms with E-state index in [0.29, 0.717) is 17.9 Å². The van der Waals surface area contributed by atoms with Crippen LogP contribution in [0.3, 0.4) is 0 Å². The van der Waals surface area contributed by atoms with Crippen LogP contribution in [0.5, 0.6) is 0 Å². The Hall–Kier alpha value is -0.470. The molecule has 0 spiro atoms. The molecular formula is C12H19F3. The van der Waals surface area contributed by atoms with Gasteiger partial charge in [0.25, 0.3) is 0 Å². The Balaban J connectivity index is 2.74. The van der Waals surface area contributed by atoms with Crippen LogP contribution >= 0.6 is 0 Å². The Morgan fingerprint density at radius 1 is 1.40 bits per heavy atom. The van der Waals surface area contributed by atoms with Gasteiger partial charge >= 0.3 is 6.18 Å². The molecule has 1 unspecified atom stereocenters. The van der Waals surface area contributed by atoms with Gasteiger partial charge in [-0.25, -0.2) is 0 Å². The molecule has 0 N–H and O–H groups in total. The number of allylic oxidation sites excluding steroid dienone is 2. The van der Waals surface area contributed by atoms with Gasteiger partial charge in [0.05, 0.1) is 6.42 Å². The number of rotatable bonds is 2. The predicted molar refractivity (Wildman–Crippen MR) is 55.6 cm³/mol. The highest BCUT2D eigenvalue weighted by molar-refractivity contribution is 5.13. The van der Waals surface area contributed by atoms with Crippen LogP contribution < -0.4 is 0 Å². The molecule has 1 aliphatic carbocycles. The van der Waals surface area contributed by atoms with Crippen LogP contribution in [0.4, 0.5) is 13.2 Å². The first kappa shape index (κ1) is 12.6. The zero-order valence-corrected chi connectivity index (χ0v) is 9.62. The van der Waals surface area contributed by atoms with Crippen molar-refractivity contribution < 1.29 is 13.2 Å². The van der Waals surface area contributed by atoms with E-state index in [-0.39, 0.29) is 5.41 Å². The molecule has 3 heteroatoms. The van der Waals surface area contributed by atoms with E-state index in [1.807, 2.05) is 13.0 Å². The van der Waals surface area contributed by atoms with E-state index in [4.69, 9.17) is 0 Å². The first-order valence-corrected chi connectivity index (χ1v) is 5.51. The summed E-state index contributed by atoms with van der Waals surface area (Å²) < 4.78 is 36.7. The minimum Gasteiger partial charge on any atom is -0.171 e. The van der Waals surface area contributed by atoms with Crippen molar-refractivity contribution in [3.63, 3.8) is 0 Å². The highest BCUT2D eigenvalue weighted by atomic mass is 19.4. The van der Waals surface area contributed by atoms with Crippen LogP contribution in [-0.2, 0) is 0 Å². The average molecular weight is 220 g/mol. The van der Waals surface area contributed by atoms with Crippen LogP contribution in [0.15, 0.2) is 11.6 Å². The highest BCUT2D eigenvalue weighted by Gasteiger charge is 2.35. The molecular weight excluding hydrogens is 201 g/mol. The fourth-order valence-electron chi connectivity index (χ4n) is 2.34. The quantitative estimate of drug-likeness (QED) is 0.591. The molecule has 0 aromatic carbocycles. The van der Waals surface area contributed by atoms with Gasteiger partial charge in [-0.2, -0.15) is 13.2 Å². The predicted octanol–water partition coefficient (Wildman–Crippen LogP) is 4.71. The highest BCUT2D eigenvalue weighted by Crippen LogP contribution is 2.43. The summed E-state index contributed by atoms with van der Waals surface area (Å²) >= 11 is 0. The molecule has 1 aliphatic rings. The van der Waals surface area contributed by atoms with Gasteiger partial charge in [0.1, 0.15) is 0 Å². The van der Waals surface area contributed by atoms with Crippen molar-refractivity contribution in [3.05, 3.63) is 11.6 Å². The third kappa shape index (κ3) is 3.54. The third-order valence-corrected chi connectivity index (χ3v) is 3.40. The molecule has 0 saturated carbocycles. The second kappa shape index (κ2) is 4.18. The molecule has 1 atom stereocenters. The molecule has 0 aromatic heterocycles. The number of hydrogen-bond donors (Lipinski definition) is 0. The van der Waals surface area contributed by atoms with Crippen LogP contribution in [-0.4, -0.2) is 6.18 Å². The van der Waals surface area contributed by atoms with Gasteiger partial charge < -0.3 is 0 Å². The van der Waals surface area contributed by atoms with Crippen molar-refractivity contribution in [3.8, 4) is 0 Å². The lowest BCUT2D eigenvalue weighted by molar-refractivity contribution is -0.128. The molecule has 0 heterocycles. The fraction of sp³-hybridized carbons (Fsp3) is 0.833. The third-order valence-electron chi connectivity index (χ3n) is 3.40. The van der Waals surface area contributed by atoms with Gasteiger partial charge in [-0.15, -0.1) is 0 Å². The van der Waals surface area contributed by atoms with Gasteiger partial charge in [-0.05, 0) is 30.6 Å². The first-order valence-electron chi connectivity index (χ1n) is 5.51. The fourth-order valence-corrected chi connectivity index (χ4v) is 2.34. The summed E-state index contributed by atoms with van der Waals surface area (Å²) in [7, 11) is 0. The second-order valence-electron chi connectivity index (χ2n) is 5.12. The maximum Gasteiger partial charge on any atom is 0.392 e. The van der Waals surface area contributed by atoms with Gasteiger partial charge in [-0.1, -0.05) is 32.4 Å². The summed E-state index contributed by atoms with van der Waals surface area (Å²) in [6.45, 7) is 6.32. The normalized spacial score (nSPS) is 26.3. The van der Waals surface area contributed by atoms with E-state index in [2.05, 4.69) is 13.8 Å². The lowest BCUT2D eigenvalue weighted by Gasteiger charge is -2.37. The smallest absolute Gasteiger partial charge is 0.171 e. The molecule has 1 rings (SSSR count). The molecule has 0 aromatic rings. The molecule has 0 fully saturated rings. The lowest BCUT2D eigenvalue weighted by Crippen LogP contribution is -2.27. The summed E-state index contributed by atoms with van der Waals surface area (Å²) in [5.41, 5.74) is 0.734. The van der Waals surface area contributed by atoms with E-state index in [0.717, 1.165) is 12.8 Å². The van der Waals surface area contributed by atoms with Crippen LogP contribution in [0.1, 0.15) is 46.5 Å². The monoisotopic (exact) mass is 220 g/mol. The van der Waals surface area contributed by atoms with E-state index in [9.17, 15) is 13.2 Å².